The summed E-state index contributed by atoms with van der Waals surface area (Å²) in [7, 11) is 0. The molecule has 0 saturated heterocycles. The third kappa shape index (κ3) is 3.77. The smallest absolute Gasteiger partial charge is 0.132 e. The van der Waals surface area contributed by atoms with Gasteiger partial charge in [-0.1, -0.05) is 37.5 Å². The molecule has 3 rings (SSSR count). The Morgan fingerprint density at radius 2 is 1.96 bits per heavy atom. The van der Waals surface area contributed by atoms with Crippen molar-refractivity contribution >= 4 is 0 Å². The summed E-state index contributed by atoms with van der Waals surface area (Å²) in [5.74, 6) is 0.673. The first-order valence-corrected chi connectivity index (χ1v) is 9.32. The van der Waals surface area contributed by atoms with Crippen molar-refractivity contribution in [3.05, 3.63) is 35.1 Å². The minimum atomic E-state index is -0.785. The number of halogens is 1. The Balaban J connectivity index is 1.71. The molecule has 0 spiro atoms. The molecular formula is C20H30FNO. The number of hydrogen-bond donors (Lipinski definition) is 2. The van der Waals surface area contributed by atoms with Crippen LogP contribution in [0.15, 0.2) is 18.2 Å². The lowest BCUT2D eigenvalue weighted by Crippen LogP contribution is -2.27. The Hall–Kier alpha value is -0.930. The minimum absolute atomic E-state index is 0.213. The molecule has 2 fully saturated rings. The quantitative estimate of drug-likeness (QED) is 0.777. The summed E-state index contributed by atoms with van der Waals surface area (Å²) in [5.41, 5.74) is 7.14. The molecule has 1 aromatic rings. The summed E-state index contributed by atoms with van der Waals surface area (Å²) < 4.78 is 14.7. The lowest BCUT2D eigenvalue weighted by Gasteiger charge is -2.38. The van der Waals surface area contributed by atoms with Crippen LogP contribution in [0.4, 0.5) is 4.39 Å². The number of aliphatic hydroxyl groups is 1. The largest absolute Gasteiger partial charge is 0.388 e. The van der Waals surface area contributed by atoms with Gasteiger partial charge in [0.2, 0.25) is 0 Å². The maximum absolute atomic E-state index is 14.7. The highest BCUT2D eigenvalue weighted by Gasteiger charge is 2.44. The van der Waals surface area contributed by atoms with Crippen molar-refractivity contribution in [2.45, 2.75) is 70.3 Å². The molecular weight excluding hydrogens is 289 g/mol. The van der Waals surface area contributed by atoms with Crippen LogP contribution in [0.5, 0.6) is 0 Å². The Labute approximate surface area is 139 Å². The zero-order chi connectivity index (χ0) is 16.3. The van der Waals surface area contributed by atoms with Crippen LogP contribution in [0.25, 0.3) is 0 Å². The molecule has 2 aliphatic rings. The number of aryl methyl sites for hydroxylation is 1. The first-order chi connectivity index (χ1) is 11.2. The van der Waals surface area contributed by atoms with Crippen LogP contribution in [0.1, 0.15) is 75.0 Å². The van der Waals surface area contributed by atoms with E-state index < -0.39 is 6.10 Å². The lowest BCUT2D eigenvalue weighted by atomic mass is 9.67. The monoisotopic (exact) mass is 319 g/mol. The van der Waals surface area contributed by atoms with Crippen molar-refractivity contribution in [1.29, 1.82) is 0 Å². The average Bonchev–Trinajstić information content (AvgIpc) is 3.40. The fourth-order valence-corrected chi connectivity index (χ4v) is 4.56. The zero-order valence-corrected chi connectivity index (χ0v) is 14.1. The van der Waals surface area contributed by atoms with Crippen LogP contribution in [-0.4, -0.2) is 11.7 Å². The predicted molar refractivity (Wildman–Crippen MR) is 91.6 cm³/mol. The van der Waals surface area contributed by atoms with E-state index in [1.165, 1.54) is 44.9 Å². The molecule has 0 bridgehead atoms. The minimum Gasteiger partial charge on any atom is -0.388 e. The van der Waals surface area contributed by atoms with Gasteiger partial charge in [0, 0.05) is 5.56 Å². The number of nitrogens with two attached hydrogens (primary N) is 1. The van der Waals surface area contributed by atoms with E-state index in [1.54, 1.807) is 6.07 Å². The highest BCUT2D eigenvalue weighted by molar-refractivity contribution is 5.28. The number of hydrogen-bond acceptors (Lipinski definition) is 2. The second kappa shape index (κ2) is 7.31. The van der Waals surface area contributed by atoms with Crippen molar-refractivity contribution in [3.8, 4) is 0 Å². The Kier molecular flexibility index (Phi) is 5.38. The van der Waals surface area contributed by atoms with Crippen LogP contribution < -0.4 is 5.73 Å². The maximum Gasteiger partial charge on any atom is 0.132 e. The van der Waals surface area contributed by atoms with Gasteiger partial charge in [-0.15, -0.1) is 0 Å². The molecule has 128 valence electrons. The summed E-state index contributed by atoms with van der Waals surface area (Å²) in [6.07, 6.45) is 11.0. The molecule has 3 heteroatoms. The van der Waals surface area contributed by atoms with Gasteiger partial charge in [0.05, 0.1) is 6.10 Å². The van der Waals surface area contributed by atoms with Gasteiger partial charge < -0.3 is 10.8 Å². The van der Waals surface area contributed by atoms with E-state index in [1.807, 2.05) is 12.1 Å². The van der Waals surface area contributed by atoms with Crippen molar-refractivity contribution in [2.24, 2.45) is 17.1 Å². The Morgan fingerprint density at radius 3 is 2.61 bits per heavy atom. The summed E-state index contributed by atoms with van der Waals surface area (Å²) in [4.78, 5) is 0. The average molecular weight is 319 g/mol. The molecule has 2 aliphatic carbocycles. The first kappa shape index (κ1) is 16.9. The molecule has 1 aromatic carbocycles. The van der Waals surface area contributed by atoms with Crippen LogP contribution in [0, 0.1) is 17.2 Å². The fourth-order valence-electron chi connectivity index (χ4n) is 4.56. The summed E-state index contributed by atoms with van der Waals surface area (Å²) in [5, 5.41) is 10.1. The first-order valence-electron chi connectivity index (χ1n) is 9.32. The van der Waals surface area contributed by atoms with Crippen molar-refractivity contribution in [3.63, 3.8) is 0 Å². The highest BCUT2D eigenvalue weighted by atomic mass is 19.1. The molecule has 0 aromatic heterocycles. The Bertz CT molecular complexity index is 520. The molecule has 23 heavy (non-hydrogen) atoms. The summed E-state index contributed by atoms with van der Waals surface area (Å²) in [6, 6.07) is 5.45. The molecule has 0 radical (unpaired) electrons. The number of benzene rings is 1. The fraction of sp³-hybridized carbons (Fsp3) is 0.700. The van der Waals surface area contributed by atoms with Gasteiger partial charge in [-0.05, 0) is 68.4 Å². The second-order valence-electron chi connectivity index (χ2n) is 7.61. The van der Waals surface area contributed by atoms with E-state index in [0.29, 0.717) is 23.9 Å². The Morgan fingerprint density at radius 1 is 1.22 bits per heavy atom. The van der Waals surface area contributed by atoms with E-state index in [2.05, 4.69) is 0 Å². The van der Waals surface area contributed by atoms with Crippen LogP contribution in [0.3, 0.4) is 0 Å². The zero-order valence-electron chi connectivity index (χ0n) is 14.1. The molecule has 0 aliphatic heterocycles. The maximum atomic E-state index is 14.7. The normalized spacial score (nSPS) is 22.0. The van der Waals surface area contributed by atoms with Gasteiger partial charge in [-0.2, -0.15) is 0 Å². The summed E-state index contributed by atoms with van der Waals surface area (Å²) in [6.45, 7) is 0.371. The van der Waals surface area contributed by atoms with Crippen molar-refractivity contribution in [1.82, 2.24) is 0 Å². The highest BCUT2D eigenvalue weighted by Crippen LogP contribution is 2.56. The van der Waals surface area contributed by atoms with Gasteiger partial charge in [0.15, 0.2) is 0 Å². The van der Waals surface area contributed by atoms with Gasteiger partial charge in [-0.3, -0.25) is 0 Å². The van der Waals surface area contributed by atoms with Crippen LogP contribution in [-0.2, 0) is 6.42 Å². The van der Waals surface area contributed by atoms with E-state index in [-0.39, 0.29) is 5.82 Å². The molecule has 3 N–H and O–H groups in total. The summed E-state index contributed by atoms with van der Waals surface area (Å²) >= 11 is 0. The van der Waals surface area contributed by atoms with E-state index in [0.717, 1.165) is 24.3 Å². The predicted octanol–water partition coefficient (Wildman–Crippen LogP) is 4.50. The third-order valence-corrected chi connectivity index (χ3v) is 6.09. The van der Waals surface area contributed by atoms with Gasteiger partial charge in [-0.25, -0.2) is 4.39 Å². The molecule has 0 amide bonds. The standard InChI is InChI=1S/C20H30FNO/c21-19-15(5-4-6-17(19)18(23)10-14-22)9-13-20(16-7-8-16)11-2-1-3-12-20/h4-6,16,18,23H,1-3,7-14,22H2. The molecule has 2 nitrogen and oxygen atoms in total. The van der Waals surface area contributed by atoms with Crippen LogP contribution >= 0.6 is 0 Å². The lowest BCUT2D eigenvalue weighted by molar-refractivity contribution is 0.138. The topological polar surface area (TPSA) is 46.2 Å². The van der Waals surface area contributed by atoms with Crippen LogP contribution in [0.2, 0.25) is 0 Å². The number of aliphatic hydroxyl groups excluding tert-OH is 1. The van der Waals surface area contributed by atoms with Crippen molar-refractivity contribution < 1.29 is 9.50 Å². The second-order valence-corrected chi connectivity index (χ2v) is 7.61. The van der Waals surface area contributed by atoms with Gasteiger partial charge in [0.25, 0.3) is 0 Å². The SMILES string of the molecule is NCCC(O)c1cccc(CCC2(C3CC3)CCCCC2)c1F. The molecule has 2 saturated carbocycles. The molecule has 1 unspecified atom stereocenters. The van der Waals surface area contributed by atoms with Crippen molar-refractivity contribution in [2.75, 3.05) is 6.54 Å². The number of rotatable bonds is 7. The molecule has 0 heterocycles. The molecule has 1 atom stereocenters. The van der Waals surface area contributed by atoms with Gasteiger partial charge >= 0.3 is 0 Å². The van der Waals surface area contributed by atoms with Gasteiger partial charge in [0.1, 0.15) is 5.82 Å². The van der Waals surface area contributed by atoms with E-state index >= 15 is 0 Å². The van der Waals surface area contributed by atoms with E-state index in [9.17, 15) is 9.50 Å². The third-order valence-electron chi connectivity index (χ3n) is 6.09. The van der Waals surface area contributed by atoms with E-state index in [4.69, 9.17) is 5.73 Å².